The molecule has 0 radical (unpaired) electrons. The van der Waals surface area contributed by atoms with Crippen LogP contribution >= 0.6 is 11.8 Å². The molecule has 1 saturated heterocycles. The molecule has 1 aliphatic heterocycles. The molecule has 4 aromatic carbocycles. The Morgan fingerprint density at radius 3 is 1.61 bits per heavy atom. The Morgan fingerprint density at radius 2 is 1.17 bits per heavy atom. The molecule has 0 spiro atoms. The number of amides is 2. The SMILES string of the molecule is CSc1ccc(C(=O)Nc2ccc(C=Cc3ccc(NC(=O)c4ccc(S(C)(=O)=O)c([N+](=O)[O-])c4)cc3S(=O)(=O)OC(C)C)c(S(=O)(=O)OC(C)C)c2)cc1S(=O)(=O)N1CCOCC1. The fourth-order valence-electron chi connectivity index (χ4n) is 6.19. The number of nitrogens with zero attached hydrogens (tertiary/aromatic N) is 2. The lowest BCUT2D eigenvalue weighted by atomic mass is 10.1. The average Bonchev–Trinajstić information content (AvgIpc) is 3.22. The lowest BCUT2D eigenvalue weighted by molar-refractivity contribution is -0.387. The fraction of sp³-hybridized carbons (Fsp3) is 0.300. The number of benzene rings is 4. The Balaban J connectivity index is 1.51. The van der Waals surface area contributed by atoms with Gasteiger partial charge >= 0.3 is 0 Å². The molecule has 24 heteroatoms. The van der Waals surface area contributed by atoms with Gasteiger partial charge in [0.2, 0.25) is 10.0 Å². The summed E-state index contributed by atoms with van der Waals surface area (Å²) in [5.41, 5.74) is -1.33. The van der Waals surface area contributed by atoms with Gasteiger partial charge in [0, 0.05) is 52.8 Å². The van der Waals surface area contributed by atoms with E-state index in [1.54, 1.807) is 6.26 Å². The number of nitro groups is 1. The van der Waals surface area contributed by atoms with Gasteiger partial charge in [-0.2, -0.15) is 21.1 Å². The van der Waals surface area contributed by atoms with Crippen LogP contribution in [-0.4, -0.2) is 106 Å². The molecule has 5 rings (SSSR count). The number of nitrogens with one attached hydrogen (secondary N) is 2. The van der Waals surface area contributed by atoms with Crippen molar-refractivity contribution in [2.75, 3.05) is 49.4 Å². The van der Waals surface area contributed by atoms with Crippen molar-refractivity contribution in [2.45, 2.75) is 64.4 Å². The van der Waals surface area contributed by atoms with E-state index in [1.807, 2.05) is 0 Å². The fourth-order valence-corrected chi connectivity index (χ4v) is 12.2. The third-order valence-electron chi connectivity index (χ3n) is 8.99. The van der Waals surface area contributed by atoms with E-state index in [1.165, 1.54) is 98.4 Å². The van der Waals surface area contributed by atoms with Crippen LogP contribution in [0.1, 0.15) is 59.5 Å². The van der Waals surface area contributed by atoms with Crippen LogP contribution in [0.25, 0.3) is 12.2 Å². The number of carbonyl (C=O) groups is 2. The number of sulfone groups is 1. The summed E-state index contributed by atoms with van der Waals surface area (Å²) < 4.78 is 123. The molecule has 1 fully saturated rings. The monoisotopic (exact) mass is 980 g/mol. The zero-order valence-electron chi connectivity index (χ0n) is 35.1. The highest BCUT2D eigenvalue weighted by Crippen LogP contribution is 2.32. The highest BCUT2D eigenvalue weighted by atomic mass is 32.2. The summed E-state index contributed by atoms with van der Waals surface area (Å²) in [6.07, 6.45) is 3.35. The largest absolute Gasteiger partial charge is 0.379 e. The van der Waals surface area contributed by atoms with Crippen LogP contribution in [-0.2, 0) is 53.2 Å². The van der Waals surface area contributed by atoms with Crippen molar-refractivity contribution in [3.63, 3.8) is 0 Å². The number of hydrogen-bond donors (Lipinski definition) is 2. The van der Waals surface area contributed by atoms with Gasteiger partial charge in [0.05, 0.1) is 35.2 Å². The second-order valence-corrected chi connectivity index (χ2v) is 22.4. The summed E-state index contributed by atoms with van der Waals surface area (Å²) in [4.78, 5) is 36.3. The van der Waals surface area contributed by atoms with E-state index in [4.69, 9.17) is 13.1 Å². The first-order valence-electron chi connectivity index (χ1n) is 19.0. The van der Waals surface area contributed by atoms with Crippen LogP contribution in [0, 0.1) is 10.1 Å². The van der Waals surface area contributed by atoms with Crippen LogP contribution in [0.2, 0.25) is 0 Å². The highest BCUT2D eigenvalue weighted by Gasteiger charge is 2.30. The van der Waals surface area contributed by atoms with Crippen molar-refractivity contribution in [3.8, 4) is 0 Å². The van der Waals surface area contributed by atoms with Gasteiger partial charge in [-0.05, 0) is 99.7 Å². The first-order valence-corrected chi connectivity index (χ1v) is 26.4. The highest BCUT2D eigenvalue weighted by molar-refractivity contribution is 7.99. The molecule has 4 aromatic rings. The summed E-state index contributed by atoms with van der Waals surface area (Å²) in [7, 11) is -17.2. The van der Waals surface area contributed by atoms with Crippen LogP contribution in [0.4, 0.5) is 17.1 Å². The summed E-state index contributed by atoms with van der Waals surface area (Å²) in [6, 6.07) is 14.4. The molecule has 0 aromatic heterocycles. The Morgan fingerprint density at radius 1 is 0.703 bits per heavy atom. The van der Waals surface area contributed by atoms with Gasteiger partial charge in [-0.3, -0.25) is 28.1 Å². The normalized spacial score (nSPS) is 14.2. The van der Waals surface area contributed by atoms with Crippen molar-refractivity contribution < 1.29 is 61.3 Å². The third-order valence-corrected chi connectivity index (χ3v) is 16.1. The zero-order valence-corrected chi connectivity index (χ0v) is 39.2. The Kier molecular flexibility index (Phi) is 15.6. The predicted molar refractivity (Wildman–Crippen MR) is 239 cm³/mol. The van der Waals surface area contributed by atoms with Gasteiger partial charge in [0.25, 0.3) is 37.7 Å². The quantitative estimate of drug-likeness (QED) is 0.0426. The molecule has 2 N–H and O–H groups in total. The second kappa shape index (κ2) is 20.0. The first-order chi connectivity index (χ1) is 29.8. The van der Waals surface area contributed by atoms with Gasteiger partial charge in [-0.25, -0.2) is 16.8 Å². The van der Waals surface area contributed by atoms with Crippen molar-refractivity contribution in [3.05, 3.63) is 105 Å². The molecule has 2 amide bonds. The van der Waals surface area contributed by atoms with Gasteiger partial charge in [0.1, 0.15) is 14.7 Å². The number of thioether (sulfide) groups is 1. The van der Waals surface area contributed by atoms with Crippen molar-refractivity contribution >= 4 is 92.9 Å². The van der Waals surface area contributed by atoms with Crippen LogP contribution in [0.15, 0.2) is 97.3 Å². The number of anilines is 2. The molecule has 0 atom stereocenters. The number of sulfonamides is 1. The van der Waals surface area contributed by atoms with Crippen LogP contribution in [0.5, 0.6) is 0 Å². The molecule has 64 heavy (non-hydrogen) atoms. The Bertz CT molecular complexity index is 2970. The van der Waals surface area contributed by atoms with E-state index in [0.29, 0.717) is 4.90 Å². The maximum atomic E-state index is 13.6. The van der Waals surface area contributed by atoms with Crippen molar-refractivity contribution in [1.82, 2.24) is 4.31 Å². The number of nitro benzene ring substituents is 1. The standard InChI is InChI=1S/C40H44N4O15S5/c1-25(2)58-63(53,54)36-23-31(41-39(45)29-12-16-35(61(6,49)50)33(21-29)44(47)48)13-9-27(36)7-8-28-10-14-32(24-37(28)64(55,56)59-26(3)4)42-40(46)30-11-15-34(60-5)38(22-30)62(51,52)43-17-19-57-20-18-43/h7-16,21-26H,17-20H2,1-6H3,(H,41,45)(H,42,46). The van der Waals surface area contributed by atoms with E-state index < -0.39 is 89.4 Å². The molecular formula is C40H44N4O15S5. The molecule has 0 unspecified atom stereocenters. The molecule has 19 nitrogen and oxygen atoms in total. The van der Waals surface area contributed by atoms with E-state index in [-0.39, 0.29) is 64.8 Å². The average molecular weight is 981 g/mol. The van der Waals surface area contributed by atoms with E-state index >= 15 is 0 Å². The number of rotatable bonds is 17. The van der Waals surface area contributed by atoms with Crippen LogP contribution < -0.4 is 10.6 Å². The van der Waals surface area contributed by atoms with Crippen molar-refractivity contribution in [1.29, 1.82) is 0 Å². The van der Waals surface area contributed by atoms with E-state index in [2.05, 4.69) is 10.6 Å². The smallest absolute Gasteiger partial charge is 0.297 e. The van der Waals surface area contributed by atoms with Gasteiger partial charge in [0.15, 0.2) is 9.84 Å². The lowest BCUT2D eigenvalue weighted by Crippen LogP contribution is -2.40. The Labute approximate surface area is 375 Å². The third kappa shape index (κ3) is 12.0. The minimum Gasteiger partial charge on any atom is -0.379 e. The first kappa shape index (κ1) is 50.0. The van der Waals surface area contributed by atoms with Gasteiger partial charge in [-0.1, -0.05) is 24.3 Å². The molecular weight excluding hydrogens is 937 g/mol. The number of ether oxygens (including phenoxy) is 1. The predicted octanol–water partition coefficient (Wildman–Crippen LogP) is 5.64. The van der Waals surface area contributed by atoms with E-state index in [0.717, 1.165) is 36.6 Å². The molecule has 0 bridgehead atoms. The minimum atomic E-state index is -4.58. The molecule has 0 aliphatic carbocycles. The molecule has 344 valence electrons. The van der Waals surface area contributed by atoms with E-state index in [9.17, 15) is 53.4 Å². The second-order valence-electron chi connectivity index (χ2n) is 14.5. The topological polar surface area (TPSA) is 269 Å². The minimum absolute atomic E-state index is 0.00787. The maximum absolute atomic E-state index is 13.6. The lowest BCUT2D eigenvalue weighted by Gasteiger charge is -2.27. The number of morpholine rings is 1. The summed E-state index contributed by atoms with van der Waals surface area (Å²) >= 11 is 1.19. The zero-order chi connectivity index (χ0) is 47.4. The van der Waals surface area contributed by atoms with Gasteiger partial charge in [-0.15, -0.1) is 11.8 Å². The van der Waals surface area contributed by atoms with Crippen LogP contribution in [0.3, 0.4) is 0 Å². The summed E-state index contributed by atoms with van der Waals surface area (Å²) in [6.45, 7) is 6.60. The molecule has 1 heterocycles. The summed E-state index contributed by atoms with van der Waals surface area (Å²) in [5, 5.41) is 16.7. The van der Waals surface area contributed by atoms with Gasteiger partial charge < -0.3 is 15.4 Å². The Hall–Kier alpha value is -5.05. The number of carbonyl (C=O) groups excluding carboxylic acids is 2. The summed E-state index contributed by atoms with van der Waals surface area (Å²) in [5.74, 6) is -1.69. The van der Waals surface area contributed by atoms with Crippen molar-refractivity contribution in [2.24, 2.45) is 0 Å². The number of hydrogen-bond acceptors (Lipinski definition) is 16. The molecule has 0 saturated carbocycles. The molecule has 1 aliphatic rings. The maximum Gasteiger partial charge on any atom is 0.297 e.